The molecule has 0 aromatic carbocycles. The number of rotatable bonds is 19. The van der Waals surface area contributed by atoms with E-state index in [1.165, 1.54) is 20.1 Å². The third-order valence-electron chi connectivity index (χ3n) is 9.21. The minimum atomic E-state index is -1.50. The lowest BCUT2D eigenvalue weighted by Crippen LogP contribution is -2.45. The maximum atomic E-state index is 14.2. The van der Waals surface area contributed by atoms with E-state index in [9.17, 15) is 33.9 Å². The fourth-order valence-corrected chi connectivity index (χ4v) is 5.78. The Balaban J connectivity index is 2.56. The van der Waals surface area contributed by atoms with Crippen molar-refractivity contribution in [2.24, 2.45) is 11.8 Å². The molecule has 0 radical (unpaired) electrons. The fourth-order valence-electron chi connectivity index (χ4n) is 5.78. The van der Waals surface area contributed by atoms with Gasteiger partial charge in [-0.1, -0.05) is 63.0 Å². The number of carbonyl (C=O) groups excluding carboxylic acids is 6. The molecule has 2 aliphatic rings. The third kappa shape index (κ3) is 15.3. The standard InChI is InChI=1S/C43H56O12/c1-26(2)29(5)19-20-35(17-12-16-34(25-52-33(9)47)15-10-14-28(4)24-51-32(8)46)43(50)54-39-36(23-45)18-11-13-27(3)21-37-38(31(7)42(49)53-37)40(39)55-41(48)30(6)22-44/h15,17-18,21,23-24,26,37-40,44H,5-7,10-14,16,19-20,22,25H2,1-4,8-9H3. The van der Waals surface area contributed by atoms with Crippen LogP contribution in [0.4, 0.5) is 0 Å². The zero-order valence-electron chi connectivity index (χ0n) is 33.0. The molecule has 4 unspecified atom stereocenters. The molecule has 0 amide bonds. The van der Waals surface area contributed by atoms with Gasteiger partial charge in [-0.15, -0.1) is 0 Å². The van der Waals surface area contributed by atoms with Crippen LogP contribution in [0.3, 0.4) is 0 Å². The van der Waals surface area contributed by atoms with Gasteiger partial charge in [0.25, 0.3) is 0 Å². The van der Waals surface area contributed by atoms with E-state index in [4.69, 9.17) is 23.7 Å². The van der Waals surface area contributed by atoms with E-state index in [1.54, 1.807) is 18.2 Å². The Labute approximate surface area is 324 Å². The second kappa shape index (κ2) is 23.0. The molecule has 1 heterocycles. The summed E-state index contributed by atoms with van der Waals surface area (Å²) in [6, 6.07) is 0. The first-order valence-corrected chi connectivity index (χ1v) is 18.4. The summed E-state index contributed by atoms with van der Waals surface area (Å²) in [6.07, 6.45) is 8.49. The summed E-state index contributed by atoms with van der Waals surface area (Å²) in [5, 5.41) is 9.63. The summed E-state index contributed by atoms with van der Waals surface area (Å²) < 4.78 is 27.8. The van der Waals surface area contributed by atoms with Gasteiger partial charge in [0, 0.05) is 30.6 Å². The largest absolute Gasteiger partial charge is 0.461 e. The van der Waals surface area contributed by atoms with Crippen molar-refractivity contribution in [3.63, 3.8) is 0 Å². The number of aliphatic hydroxyl groups is 1. The Morgan fingerprint density at radius 2 is 1.67 bits per heavy atom. The molecule has 12 heteroatoms. The number of allylic oxidation sites excluding steroid dienone is 6. The summed E-state index contributed by atoms with van der Waals surface area (Å²) in [6.45, 7) is 21.2. The maximum absolute atomic E-state index is 14.2. The van der Waals surface area contributed by atoms with Gasteiger partial charge in [0.15, 0.2) is 12.2 Å². The summed E-state index contributed by atoms with van der Waals surface area (Å²) in [4.78, 5) is 75.7. The van der Waals surface area contributed by atoms with Crippen LogP contribution in [0.1, 0.15) is 92.9 Å². The van der Waals surface area contributed by atoms with Crippen molar-refractivity contribution in [3.05, 3.63) is 94.9 Å². The normalized spacial score (nSPS) is 20.7. The van der Waals surface area contributed by atoms with Crippen molar-refractivity contribution in [2.45, 2.75) is 111 Å². The molecule has 0 spiro atoms. The van der Waals surface area contributed by atoms with Gasteiger partial charge in [-0.05, 0) is 88.4 Å². The van der Waals surface area contributed by atoms with Gasteiger partial charge in [-0.25, -0.2) is 14.4 Å². The molecule has 1 aliphatic heterocycles. The number of fused-ring (bicyclic) bond motifs is 1. The van der Waals surface area contributed by atoms with Crippen LogP contribution in [0.15, 0.2) is 94.9 Å². The molecule has 1 aliphatic carbocycles. The van der Waals surface area contributed by atoms with Crippen LogP contribution in [0.2, 0.25) is 0 Å². The van der Waals surface area contributed by atoms with Crippen molar-refractivity contribution in [1.29, 1.82) is 0 Å². The molecule has 1 fully saturated rings. The first-order valence-electron chi connectivity index (χ1n) is 18.4. The Morgan fingerprint density at radius 1 is 0.982 bits per heavy atom. The zero-order valence-corrected chi connectivity index (χ0v) is 33.0. The van der Waals surface area contributed by atoms with Crippen LogP contribution in [0, 0.1) is 11.8 Å². The minimum absolute atomic E-state index is 0.0111. The molecule has 2 rings (SSSR count). The SMILES string of the molecule is C=C(CO)C(=O)OC1C(OC(=O)C(=CCCC(=CCCC(C)=COC(C)=O)COC(C)=O)CCC(=C)C(C)C)C(C=O)=CCCC(C)=CC2OC(=O)C(=C)C21. The number of hydrogen-bond donors (Lipinski definition) is 1. The van der Waals surface area contributed by atoms with E-state index in [2.05, 4.69) is 19.7 Å². The van der Waals surface area contributed by atoms with Crippen molar-refractivity contribution in [1.82, 2.24) is 0 Å². The average molecular weight is 765 g/mol. The Hall–Kier alpha value is -5.10. The van der Waals surface area contributed by atoms with Crippen LogP contribution in [0.5, 0.6) is 0 Å². The van der Waals surface area contributed by atoms with Crippen molar-refractivity contribution >= 4 is 36.1 Å². The van der Waals surface area contributed by atoms with Gasteiger partial charge in [0.2, 0.25) is 0 Å². The van der Waals surface area contributed by atoms with Crippen molar-refractivity contribution in [3.8, 4) is 0 Å². The van der Waals surface area contributed by atoms with Crippen LogP contribution >= 0.6 is 0 Å². The van der Waals surface area contributed by atoms with Gasteiger partial charge in [0.1, 0.15) is 19.0 Å². The number of hydrogen-bond acceptors (Lipinski definition) is 12. The van der Waals surface area contributed by atoms with Gasteiger partial charge in [-0.2, -0.15) is 0 Å². The Kier molecular flexibility index (Phi) is 19.2. The molecule has 4 atom stereocenters. The van der Waals surface area contributed by atoms with Crippen LogP contribution in [0.25, 0.3) is 0 Å². The minimum Gasteiger partial charge on any atom is -0.461 e. The highest BCUT2D eigenvalue weighted by Gasteiger charge is 2.50. The lowest BCUT2D eigenvalue weighted by molar-refractivity contribution is -0.165. The van der Waals surface area contributed by atoms with E-state index >= 15 is 0 Å². The number of aldehydes is 1. The molecule has 0 bridgehead atoms. The van der Waals surface area contributed by atoms with Gasteiger partial charge < -0.3 is 28.8 Å². The predicted octanol–water partition coefficient (Wildman–Crippen LogP) is 6.76. The van der Waals surface area contributed by atoms with E-state index in [0.29, 0.717) is 51.2 Å². The highest BCUT2D eigenvalue weighted by Crippen LogP contribution is 2.38. The van der Waals surface area contributed by atoms with E-state index < -0.39 is 60.7 Å². The van der Waals surface area contributed by atoms with Gasteiger partial charge in [-0.3, -0.25) is 14.4 Å². The molecule has 0 aromatic rings. The molecular formula is C43H56O12. The maximum Gasteiger partial charge on any atom is 0.336 e. The second-order valence-corrected chi connectivity index (χ2v) is 14.1. The molecule has 1 N–H and O–H groups in total. The topological polar surface area (TPSA) is 169 Å². The van der Waals surface area contributed by atoms with E-state index in [1.807, 2.05) is 33.8 Å². The number of ether oxygens (including phenoxy) is 5. The van der Waals surface area contributed by atoms with E-state index in [-0.39, 0.29) is 41.2 Å². The molecule has 1 saturated heterocycles. The Morgan fingerprint density at radius 3 is 2.29 bits per heavy atom. The first kappa shape index (κ1) is 46.1. The van der Waals surface area contributed by atoms with Crippen molar-refractivity contribution in [2.75, 3.05) is 13.2 Å². The molecule has 55 heavy (non-hydrogen) atoms. The molecular weight excluding hydrogens is 708 g/mol. The van der Waals surface area contributed by atoms with Gasteiger partial charge >= 0.3 is 29.8 Å². The first-order chi connectivity index (χ1) is 26.0. The monoisotopic (exact) mass is 764 g/mol. The number of carbonyl (C=O) groups is 6. The van der Waals surface area contributed by atoms with Crippen LogP contribution in [-0.4, -0.2) is 72.8 Å². The summed E-state index contributed by atoms with van der Waals surface area (Å²) in [5.74, 6) is -4.32. The third-order valence-corrected chi connectivity index (χ3v) is 9.21. The van der Waals surface area contributed by atoms with Crippen molar-refractivity contribution < 1.29 is 57.6 Å². The predicted molar refractivity (Wildman–Crippen MR) is 206 cm³/mol. The van der Waals surface area contributed by atoms with Gasteiger partial charge in [0.05, 0.1) is 24.4 Å². The number of aliphatic hydroxyl groups excluding tert-OH is 1. The zero-order chi connectivity index (χ0) is 41.2. The van der Waals surface area contributed by atoms with E-state index in [0.717, 1.165) is 22.3 Å². The average Bonchev–Trinajstić information content (AvgIpc) is 3.40. The summed E-state index contributed by atoms with van der Waals surface area (Å²) in [7, 11) is 0. The molecule has 300 valence electrons. The Bertz CT molecular complexity index is 1650. The molecule has 0 aromatic heterocycles. The van der Waals surface area contributed by atoms with Crippen LogP contribution in [-0.2, 0) is 52.5 Å². The lowest BCUT2D eigenvalue weighted by atomic mass is 9.83. The summed E-state index contributed by atoms with van der Waals surface area (Å²) >= 11 is 0. The quantitative estimate of drug-likeness (QED) is 0.0367. The smallest absolute Gasteiger partial charge is 0.336 e. The summed E-state index contributed by atoms with van der Waals surface area (Å²) in [5.41, 5.74) is 3.35. The molecule has 12 nitrogen and oxygen atoms in total. The second-order valence-electron chi connectivity index (χ2n) is 14.1. The van der Waals surface area contributed by atoms with Crippen LogP contribution < -0.4 is 0 Å². The molecule has 0 saturated carbocycles. The highest BCUT2D eigenvalue weighted by molar-refractivity contribution is 5.93. The lowest BCUT2D eigenvalue weighted by Gasteiger charge is -2.33. The highest BCUT2D eigenvalue weighted by atomic mass is 16.6. The number of esters is 5. The fraction of sp³-hybridized carbons (Fsp3) is 0.488.